The molecule has 0 N–H and O–H groups in total. The number of rotatable bonds is 8. The molecule has 184 valence electrons. The Labute approximate surface area is 206 Å². The van der Waals surface area contributed by atoms with E-state index in [0.717, 1.165) is 20.3 Å². The number of hydrogen-bond acceptors (Lipinski definition) is 5. The molecule has 1 aliphatic rings. The molecule has 1 aromatic carbocycles. The molecule has 2 unspecified atom stereocenters. The minimum absolute atomic E-state index is 0.00918. The SMILES string of the molecule is COCc1nn2c(CN3CC(CC(F)(F)Cl)C([Se]c4ccccc4)C3=O)c(C(F)(F)F)nc2s1. The Morgan fingerprint density at radius 2 is 1.94 bits per heavy atom. The molecule has 14 heteroatoms. The van der Waals surface area contributed by atoms with E-state index < -0.39 is 61.8 Å². The van der Waals surface area contributed by atoms with Crippen molar-refractivity contribution in [2.24, 2.45) is 5.92 Å². The first-order chi connectivity index (χ1) is 16.0. The number of hydrogen-bond donors (Lipinski definition) is 0. The van der Waals surface area contributed by atoms with Crippen LogP contribution in [0, 0.1) is 5.92 Å². The van der Waals surface area contributed by atoms with Crippen molar-refractivity contribution >= 4 is 53.2 Å². The Bertz CT molecular complexity index is 1170. The molecule has 0 radical (unpaired) electrons. The molecule has 4 rings (SSSR count). The molecule has 0 spiro atoms. The Balaban J connectivity index is 1.66. The number of alkyl halides is 6. The third-order valence-corrected chi connectivity index (χ3v) is 9.09. The summed E-state index contributed by atoms with van der Waals surface area (Å²) in [5.74, 6) is -1.29. The second-order valence-electron chi connectivity index (χ2n) is 7.68. The molecule has 1 saturated heterocycles. The third kappa shape index (κ3) is 5.54. The molecule has 34 heavy (non-hydrogen) atoms. The topological polar surface area (TPSA) is 59.7 Å². The van der Waals surface area contributed by atoms with Crippen LogP contribution in [0.4, 0.5) is 22.0 Å². The van der Waals surface area contributed by atoms with Gasteiger partial charge in [0.05, 0.1) is 0 Å². The number of aromatic nitrogens is 3. The van der Waals surface area contributed by atoms with Crippen molar-refractivity contribution < 1.29 is 31.5 Å². The summed E-state index contributed by atoms with van der Waals surface area (Å²) in [6, 6.07) is 8.93. The van der Waals surface area contributed by atoms with Crippen LogP contribution in [-0.4, -0.2) is 59.4 Å². The van der Waals surface area contributed by atoms with Gasteiger partial charge in [-0.3, -0.25) is 0 Å². The Morgan fingerprint density at radius 1 is 1.24 bits per heavy atom. The number of nitrogens with zero attached hydrogens (tertiary/aromatic N) is 4. The normalized spacial score (nSPS) is 19.5. The van der Waals surface area contributed by atoms with Gasteiger partial charge in [-0.25, -0.2) is 0 Å². The monoisotopic (exact) mass is 588 g/mol. The molecule has 0 aliphatic carbocycles. The minimum atomic E-state index is -4.77. The summed E-state index contributed by atoms with van der Waals surface area (Å²) in [5.41, 5.74) is -1.47. The van der Waals surface area contributed by atoms with E-state index in [1.807, 2.05) is 0 Å². The molecular formula is C20H18ClF5N4O2SSe. The fourth-order valence-electron chi connectivity index (χ4n) is 3.82. The fourth-order valence-corrected chi connectivity index (χ4v) is 7.48. The first kappa shape index (κ1) is 25.3. The molecule has 1 amide bonds. The zero-order valence-corrected chi connectivity index (χ0v) is 20.8. The van der Waals surface area contributed by atoms with Gasteiger partial charge in [0.2, 0.25) is 0 Å². The Morgan fingerprint density at radius 3 is 2.56 bits per heavy atom. The Kier molecular flexibility index (Phi) is 7.21. The first-order valence-corrected chi connectivity index (χ1v) is 13.0. The van der Waals surface area contributed by atoms with Crippen LogP contribution in [0.25, 0.3) is 4.96 Å². The molecular weight excluding hydrogens is 570 g/mol. The molecule has 1 fully saturated rings. The number of fused-ring (bicyclic) bond motifs is 1. The second-order valence-corrected chi connectivity index (χ2v) is 11.8. The molecule has 0 saturated carbocycles. The zero-order valence-electron chi connectivity index (χ0n) is 17.6. The number of benzene rings is 1. The molecule has 3 heterocycles. The number of likely N-dealkylation sites (tertiary alicyclic amines) is 1. The maximum atomic E-state index is 13.7. The van der Waals surface area contributed by atoms with Gasteiger partial charge in [-0.1, -0.05) is 0 Å². The number of methoxy groups -OCH3 is 1. The summed E-state index contributed by atoms with van der Waals surface area (Å²) < 4.78 is 75.3. The van der Waals surface area contributed by atoms with Crippen molar-refractivity contribution in [3.8, 4) is 0 Å². The molecule has 0 bridgehead atoms. The van der Waals surface area contributed by atoms with E-state index in [-0.39, 0.29) is 23.8 Å². The van der Waals surface area contributed by atoms with Crippen LogP contribution in [-0.2, 0) is 28.9 Å². The first-order valence-electron chi connectivity index (χ1n) is 9.97. The van der Waals surface area contributed by atoms with E-state index in [9.17, 15) is 26.7 Å². The number of carbonyl (C=O) groups excluding carboxylic acids is 1. The summed E-state index contributed by atoms with van der Waals surface area (Å²) in [6.45, 7) is -0.511. The fraction of sp³-hybridized carbons (Fsp3) is 0.450. The van der Waals surface area contributed by atoms with Crippen LogP contribution in [0.15, 0.2) is 30.3 Å². The van der Waals surface area contributed by atoms with Crippen molar-refractivity contribution in [2.45, 2.75) is 35.9 Å². The number of imidazole rings is 1. The number of halogens is 6. The van der Waals surface area contributed by atoms with E-state index in [1.165, 1.54) is 12.0 Å². The summed E-state index contributed by atoms with van der Waals surface area (Å²) in [7, 11) is 1.43. The summed E-state index contributed by atoms with van der Waals surface area (Å²) in [4.78, 5) is 17.3. The van der Waals surface area contributed by atoms with E-state index in [0.29, 0.717) is 5.01 Å². The van der Waals surface area contributed by atoms with Crippen LogP contribution >= 0.6 is 22.9 Å². The third-order valence-electron chi connectivity index (χ3n) is 5.15. The maximum absolute atomic E-state index is 13.7. The van der Waals surface area contributed by atoms with Crippen LogP contribution in [0.3, 0.4) is 0 Å². The molecule has 3 aromatic rings. The van der Waals surface area contributed by atoms with E-state index in [2.05, 4.69) is 10.1 Å². The van der Waals surface area contributed by atoms with Crippen LogP contribution in [0.1, 0.15) is 22.8 Å². The summed E-state index contributed by atoms with van der Waals surface area (Å²) in [5, 5.41) is 1.03. The van der Waals surface area contributed by atoms with Crippen molar-refractivity contribution in [2.75, 3.05) is 13.7 Å². The zero-order chi connectivity index (χ0) is 24.7. The van der Waals surface area contributed by atoms with Crippen LogP contribution < -0.4 is 4.46 Å². The predicted molar refractivity (Wildman–Crippen MR) is 116 cm³/mol. The van der Waals surface area contributed by atoms with Crippen LogP contribution in [0.2, 0.25) is 4.82 Å². The van der Waals surface area contributed by atoms with Crippen LogP contribution in [0.5, 0.6) is 0 Å². The Hall–Kier alpha value is -1.79. The predicted octanol–water partition coefficient (Wildman–Crippen LogP) is 3.95. The van der Waals surface area contributed by atoms with Gasteiger partial charge in [0.1, 0.15) is 0 Å². The average Bonchev–Trinajstić information content (AvgIpc) is 3.36. The number of carbonyl (C=O) groups is 1. The molecule has 2 aromatic heterocycles. The van der Waals surface area contributed by atoms with Crippen molar-refractivity contribution in [1.29, 1.82) is 0 Å². The van der Waals surface area contributed by atoms with Gasteiger partial charge in [0.15, 0.2) is 0 Å². The van der Waals surface area contributed by atoms with Crippen molar-refractivity contribution in [3.05, 3.63) is 46.7 Å². The van der Waals surface area contributed by atoms with Gasteiger partial charge < -0.3 is 0 Å². The number of ether oxygens (including phenoxy) is 1. The van der Waals surface area contributed by atoms with Gasteiger partial charge in [0.25, 0.3) is 0 Å². The molecule has 6 nitrogen and oxygen atoms in total. The number of amides is 1. The van der Waals surface area contributed by atoms with E-state index in [1.54, 1.807) is 30.3 Å². The van der Waals surface area contributed by atoms with Gasteiger partial charge in [0, 0.05) is 0 Å². The van der Waals surface area contributed by atoms with E-state index >= 15 is 0 Å². The molecule has 2 atom stereocenters. The molecule has 1 aliphatic heterocycles. The van der Waals surface area contributed by atoms with E-state index in [4.69, 9.17) is 16.3 Å². The van der Waals surface area contributed by atoms with Crippen molar-refractivity contribution in [3.63, 3.8) is 0 Å². The standard InChI is InChI=1S/C20H18ClF5N4O2SSe/c1-32-10-14-28-30-13(16(20(24,25)26)27-18(30)33-14)9-29-8-11(7-19(21,22)23)15(17(29)31)34-12-5-3-2-4-6-12/h2-6,11,15H,7-10H2,1H3. The van der Waals surface area contributed by atoms with Gasteiger partial charge in [-0.15, -0.1) is 0 Å². The van der Waals surface area contributed by atoms with Gasteiger partial charge >= 0.3 is 206 Å². The quantitative estimate of drug-likeness (QED) is 0.228. The van der Waals surface area contributed by atoms with Gasteiger partial charge in [-0.05, 0) is 0 Å². The van der Waals surface area contributed by atoms with Crippen molar-refractivity contribution in [1.82, 2.24) is 19.5 Å². The van der Waals surface area contributed by atoms with Gasteiger partial charge in [-0.2, -0.15) is 0 Å². The summed E-state index contributed by atoms with van der Waals surface area (Å²) >= 11 is 5.61. The average molecular weight is 588 g/mol. The summed E-state index contributed by atoms with van der Waals surface area (Å²) in [6.07, 6.45) is -5.53. The second kappa shape index (κ2) is 9.69.